The lowest BCUT2D eigenvalue weighted by Gasteiger charge is -2.04. The number of nitrogens with zero attached hydrogens (tertiary/aromatic N) is 1. The number of ether oxygens (including phenoxy) is 1. The summed E-state index contributed by atoms with van der Waals surface area (Å²) < 4.78 is 4.85. The molecule has 19 heavy (non-hydrogen) atoms. The SMILES string of the molecule is CCOC(=O)c1ccc(NC=C(SC)[N+](=O)[O-])cc1. The van der Waals surface area contributed by atoms with Crippen LogP contribution in [-0.4, -0.2) is 23.8 Å². The Morgan fingerprint density at radius 2 is 2.11 bits per heavy atom. The van der Waals surface area contributed by atoms with Crippen molar-refractivity contribution in [3.05, 3.63) is 51.2 Å². The van der Waals surface area contributed by atoms with Gasteiger partial charge in [-0.1, -0.05) is 11.8 Å². The first-order valence-corrected chi connectivity index (χ1v) is 6.73. The van der Waals surface area contributed by atoms with E-state index < -0.39 is 4.92 Å². The lowest BCUT2D eigenvalue weighted by molar-refractivity contribution is -0.410. The van der Waals surface area contributed by atoms with Gasteiger partial charge in [0.15, 0.2) is 0 Å². The van der Waals surface area contributed by atoms with Crippen LogP contribution in [-0.2, 0) is 4.74 Å². The maximum absolute atomic E-state index is 11.4. The molecule has 0 aromatic heterocycles. The molecule has 102 valence electrons. The van der Waals surface area contributed by atoms with Crippen LogP contribution in [0.25, 0.3) is 0 Å². The first-order valence-electron chi connectivity index (χ1n) is 5.50. The molecule has 1 N–H and O–H groups in total. The molecular weight excluding hydrogens is 268 g/mol. The highest BCUT2D eigenvalue weighted by molar-refractivity contribution is 8.02. The fourth-order valence-electron chi connectivity index (χ4n) is 1.25. The van der Waals surface area contributed by atoms with Crippen molar-refractivity contribution < 1.29 is 14.5 Å². The van der Waals surface area contributed by atoms with Gasteiger partial charge in [0.1, 0.15) is 0 Å². The van der Waals surface area contributed by atoms with Gasteiger partial charge < -0.3 is 10.1 Å². The highest BCUT2D eigenvalue weighted by Gasteiger charge is 2.08. The first kappa shape index (κ1) is 15.0. The van der Waals surface area contributed by atoms with Crippen LogP contribution in [0.4, 0.5) is 5.69 Å². The Kier molecular flexibility index (Phi) is 5.87. The number of benzene rings is 1. The van der Waals surface area contributed by atoms with Gasteiger partial charge in [0.2, 0.25) is 0 Å². The number of hydrogen-bond acceptors (Lipinski definition) is 6. The van der Waals surface area contributed by atoms with Crippen molar-refractivity contribution in [3.8, 4) is 0 Å². The van der Waals surface area contributed by atoms with Gasteiger partial charge in [0, 0.05) is 5.69 Å². The fraction of sp³-hybridized carbons (Fsp3) is 0.250. The van der Waals surface area contributed by atoms with Gasteiger partial charge in [0.05, 0.1) is 23.3 Å². The summed E-state index contributed by atoms with van der Waals surface area (Å²) in [5.74, 6) is -0.389. The van der Waals surface area contributed by atoms with Crippen LogP contribution in [0.15, 0.2) is 35.5 Å². The average Bonchev–Trinajstić information content (AvgIpc) is 2.40. The second-order valence-corrected chi connectivity index (χ2v) is 4.21. The lowest BCUT2D eigenvalue weighted by atomic mass is 10.2. The van der Waals surface area contributed by atoms with Crippen LogP contribution >= 0.6 is 11.8 Å². The van der Waals surface area contributed by atoms with E-state index in [0.29, 0.717) is 17.9 Å². The highest BCUT2D eigenvalue weighted by atomic mass is 32.2. The summed E-state index contributed by atoms with van der Waals surface area (Å²) in [6.45, 7) is 2.06. The van der Waals surface area contributed by atoms with Crippen LogP contribution in [0.3, 0.4) is 0 Å². The Labute approximate surface area is 115 Å². The molecule has 0 bridgehead atoms. The third kappa shape index (κ3) is 4.63. The van der Waals surface area contributed by atoms with E-state index in [1.807, 2.05) is 0 Å². The number of thioether (sulfide) groups is 1. The van der Waals surface area contributed by atoms with E-state index in [1.165, 1.54) is 6.20 Å². The molecule has 7 heteroatoms. The van der Waals surface area contributed by atoms with E-state index in [-0.39, 0.29) is 11.0 Å². The summed E-state index contributed by atoms with van der Waals surface area (Å²) in [6.07, 6.45) is 2.93. The maximum atomic E-state index is 11.4. The lowest BCUT2D eigenvalue weighted by Crippen LogP contribution is -2.04. The standard InChI is InChI=1S/C12H14N2O4S/c1-3-18-12(15)9-4-6-10(7-5-9)13-8-11(19-2)14(16)17/h4-8,13H,3H2,1-2H3. The average molecular weight is 282 g/mol. The molecule has 0 aliphatic carbocycles. The molecule has 0 saturated heterocycles. The van der Waals surface area contributed by atoms with Crippen LogP contribution in [0.5, 0.6) is 0 Å². The number of esters is 1. The van der Waals surface area contributed by atoms with Crippen molar-refractivity contribution in [1.82, 2.24) is 0 Å². The number of nitro groups is 1. The zero-order valence-corrected chi connectivity index (χ0v) is 11.4. The Hall–Kier alpha value is -2.02. The summed E-state index contributed by atoms with van der Waals surface area (Å²) >= 11 is 1.04. The Balaban J connectivity index is 2.72. The van der Waals surface area contributed by atoms with Crippen molar-refractivity contribution in [2.75, 3.05) is 18.2 Å². The van der Waals surface area contributed by atoms with E-state index in [2.05, 4.69) is 5.32 Å². The Morgan fingerprint density at radius 1 is 1.47 bits per heavy atom. The predicted octanol–water partition coefficient (Wildman–Crippen LogP) is 2.71. The second-order valence-electron chi connectivity index (χ2n) is 3.39. The molecule has 0 fully saturated rings. The van der Waals surface area contributed by atoms with Crippen molar-refractivity contribution in [3.63, 3.8) is 0 Å². The van der Waals surface area contributed by atoms with Gasteiger partial charge in [-0.3, -0.25) is 10.1 Å². The van der Waals surface area contributed by atoms with Crippen LogP contribution in [0.1, 0.15) is 17.3 Å². The third-order valence-electron chi connectivity index (χ3n) is 2.15. The van der Waals surface area contributed by atoms with E-state index in [4.69, 9.17) is 4.74 Å². The highest BCUT2D eigenvalue weighted by Crippen LogP contribution is 2.14. The molecule has 0 aliphatic rings. The van der Waals surface area contributed by atoms with E-state index in [1.54, 1.807) is 37.4 Å². The first-order chi connectivity index (χ1) is 9.08. The van der Waals surface area contributed by atoms with Crippen molar-refractivity contribution >= 4 is 23.4 Å². The number of carbonyl (C=O) groups is 1. The summed E-state index contributed by atoms with van der Waals surface area (Å²) in [7, 11) is 0. The molecule has 1 aromatic rings. The molecule has 0 spiro atoms. The largest absolute Gasteiger partial charge is 0.462 e. The van der Waals surface area contributed by atoms with Gasteiger partial charge in [-0.15, -0.1) is 0 Å². The molecule has 0 atom stereocenters. The zero-order chi connectivity index (χ0) is 14.3. The minimum absolute atomic E-state index is 0.00877. The smallest absolute Gasteiger partial charge is 0.338 e. The van der Waals surface area contributed by atoms with E-state index in [0.717, 1.165) is 11.8 Å². The quantitative estimate of drug-likeness (QED) is 0.491. The normalized spacial score (nSPS) is 10.9. The van der Waals surface area contributed by atoms with Gasteiger partial charge in [-0.05, 0) is 37.4 Å². The molecule has 1 aromatic carbocycles. The molecule has 6 nitrogen and oxygen atoms in total. The van der Waals surface area contributed by atoms with Crippen LogP contribution in [0.2, 0.25) is 0 Å². The molecule has 0 heterocycles. The zero-order valence-electron chi connectivity index (χ0n) is 10.6. The van der Waals surface area contributed by atoms with Gasteiger partial charge in [-0.2, -0.15) is 0 Å². The maximum Gasteiger partial charge on any atom is 0.338 e. The summed E-state index contributed by atoms with van der Waals surface area (Å²) in [6, 6.07) is 6.50. The minimum Gasteiger partial charge on any atom is -0.462 e. The summed E-state index contributed by atoms with van der Waals surface area (Å²) in [5, 5.41) is 13.4. The molecule has 0 amide bonds. The van der Waals surface area contributed by atoms with Gasteiger partial charge >= 0.3 is 11.0 Å². The van der Waals surface area contributed by atoms with E-state index in [9.17, 15) is 14.9 Å². The molecular formula is C12H14N2O4S. The second kappa shape index (κ2) is 7.42. The Bertz CT molecular complexity index is 485. The monoisotopic (exact) mass is 282 g/mol. The van der Waals surface area contributed by atoms with Gasteiger partial charge in [-0.25, -0.2) is 4.79 Å². The minimum atomic E-state index is -0.468. The van der Waals surface area contributed by atoms with Gasteiger partial charge in [0.25, 0.3) is 0 Å². The van der Waals surface area contributed by atoms with Crippen LogP contribution < -0.4 is 5.32 Å². The number of carbonyl (C=O) groups excluding carboxylic acids is 1. The number of nitrogens with one attached hydrogen (secondary N) is 1. The number of hydrogen-bond donors (Lipinski definition) is 1. The summed E-state index contributed by atoms with van der Waals surface area (Å²) in [4.78, 5) is 21.5. The molecule has 1 rings (SSSR count). The predicted molar refractivity (Wildman–Crippen MR) is 74.6 cm³/mol. The third-order valence-corrected chi connectivity index (χ3v) is 2.83. The van der Waals surface area contributed by atoms with Crippen LogP contribution in [0, 0.1) is 10.1 Å². The molecule has 0 saturated carbocycles. The fourth-order valence-corrected chi connectivity index (χ4v) is 1.57. The van der Waals surface area contributed by atoms with Crippen molar-refractivity contribution in [2.45, 2.75) is 6.92 Å². The Morgan fingerprint density at radius 3 is 2.58 bits per heavy atom. The number of anilines is 1. The van der Waals surface area contributed by atoms with Crippen molar-refractivity contribution in [1.29, 1.82) is 0 Å². The molecule has 0 aliphatic heterocycles. The molecule has 0 unspecified atom stereocenters. The topological polar surface area (TPSA) is 81.5 Å². The number of rotatable bonds is 6. The van der Waals surface area contributed by atoms with E-state index >= 15 is 0 Å². The van der Waals surface area contributed by atoms with Crippen molar-refractivity contribution in [2.24, 2.45) is 0 Å². The molecule has 0 radical (unpaired) electrons. The summed E-state index contributed by atoms with van der Waals surface area (Å²) in [5.41, 5.74) is 1.09.